The van der Waals surface area contributed by atoms with Crippen LogP contribution in [0.2, 0.25) is 0 Å². The Morgan fingerprint density at radius 1 is 1.10 bits per heavy atom. The highest BCUT2D eigenvalue weighted by molar-refractivity contribution is 5.81. The Bertz CT molecular complexity index is 837. The van der Waals surface area contributed by atoms with Crippen LogP contribution in [0.3, 0.4) is 0 Å². The molecule has 1 saturated carbocycles. The van der Waals surface area contributed by atoms with E-state index in [1.165, 1.54) is 5.56 Å². The van der Waals surface area contributed by atoms with Crippen molar-refractivity contribution in [1.29, 1.82) is 0 Å². The maximum atomic E-state index is 13.4. The Morgan fingerprint density at radius 3 is 2.71 bits per heavy atom. The minimum absolute atomic E-state index is 0.0463. The van der Waals surface area contributed by atoms with Crippen LogP contribution in [0.15, 0.2) is 24.3 Å². The van der Waals surface area contributed by atoms with Gasteiger partial charge in [-0.05, 0) is 49.7 Å². The molecule has 1 aromatic rings. The summed E-state index contributed by atoms with van der Waals surface area (Å²) >= 11 is 0. The second-order valence-corrected chi connectivity index (χ2v) is 9.55. The molecule has 0 aromatic heterocycles. The molecule has 7 heteroatoms. The zero-order valence-electron chi connectivity index (χ0n) is 18.2. The molecule has 168 valence electrons. The molecule has 31 heavy (non-hydrogen) atoms. The van der Waals surface area contributed by atoms with E-state index in [9.17, 15) is 9.59 Å². The third-order valence-electron chi connectivity index (χ3n) is 7.51. The lowest BCUT2D eigenvalue weighted by Gasteiger charge is -2.42. The van der Waals surface area contributed by atoms with E-state index in [0.29, 0.717) is 38.7 Å². The predicted octanol–water partition coefficient (Wildman–Crippen LogP) is 2.24. The molecule has 1 N–H and O–H groups in total. The molecule has 3 atom stereocenters. The first-order chi connectivity index (χ1) is 15.1. The summed E-state index contributed by atoms with van der Waals surface area (Å²) in [6.07, 6.45) is 4.98. The summed E-state index contributed by atoms with van der Waals surface area (Å²) in [6, 6.07) is 8.02. The Labute approximate surface area is 183 Å². The van der Waals surface area contributed by atoms with Gasteiger partial charge in [-0.1, -0.05) is 25.1 Å². The number of fused-ring (bicyclic) bond motifs is 6. The number of amides is 2. The number of carbonyl (C=O) groups excluding carboxylic acids is 2. The molecule has 6 rings (SSSR count). The Morgan fingerprint density at radius 2 is 1.90 bits per heavy atom. The first kappa shape index (κ1) is 20.8. The Kier molecular flexibility index (Phi) is 5.65. The van der Waals surface area contributed by atoms with Crippen molar-refractivity contribution in [1.82, 2.24) is 10.2 Å². The third kappa shape index (κ3) is 3.94. The number of nitrogens with zero attached hydrogens (tertiary/aromatic N) is 1. The van der Waals surface area contributed by atoms with Gasteiger partial charge < -0.3 is 24.4 Å². The normalized spacial score (nSPS) is 36.4. The average Bonchev–Trinajstić information content (AvgIpc) is 3.12. The van der Waals surface area contributed by atoms with Crippen molar-refractivity contribution >= 4 is 11.8 Å². The van der Waals surface area contributed by atoms with Gasteiger partial charge in [0, 0.05) is 6.54 Å². The zero-order chi connectivity index (χ0) is 21.4. The van der Waals surface area contributed by atoms with E-state index < -0.39 is 5.54 Å². The van der Waals surface area contributed by atoms with E-state index in [1.807, 2.05) is 24.0 Å². The summed E-state index contributed by atoms with van der Waals surface area (Å²) in [6.45, 7) is 3.77. The van der Waals surface area contributed by atoms with Crippen LogP contribution in [0.25, 0.3) is 0 Å². The number of ether oxygens (including phenoxy) is 3. The summed E-state index contributed by atoms with van der Waals surface area (Å²) in [5, 5.41) is 3.15. The van der Waals surface area contributed by atoms with Crippen molar-refractivity contribution in [3.63, 3.8) is 0 Å². The van der Waals surface area contributed by atoms with Gasteiger partial charge in [-0.15, -0.1) is 0 Å². The molecule has 1 spiro atoms. The number of morpholine rings is 1. The van der Waals surface area contributed by atoms with Gasteiger partial charge in [0.05, 0.1) is 43.4 Å². The monoisotopic (exact) mass is 428 g/mol. The van der Waals surface area contributed by atoms with Crippen molar-refractivity contribution in [2.75, 3.05) is 33.0 Å². The van der Waals surface area contributed by atoms with Crippen LogP contribution in [-0.2, 0) is 19.1 Å². The fourth-order valence-corrected chi connectivity index (χ4v) is 5.73. The van der Waals surface area contributed by atoms with E-state index >= 15 is 0 Å². The SMILES string of the molecule is CC1COc2ccccc2[C@H]2CC[C@H](CC2)OC[C@@H]2N(CC[C@@]23COCC(=O)N3)C1=O. The summed E-state index contributed by atoms with van der Waals surface area (Å²) in [5.74, 6) is 1.00. The van der Waals surface area contributed by atoms with E-state index in [2.05, 4.69) is 17.4 Å². The highest BCUT2D eigenvalue weighted by Gasteiger charge is 2.52. The quantitative estimate of drug-likeness (QED) is 0.686. The van der Waals surface area contributed by atoms with Gasteiger partial charge in [0.15, 0.2) is 0 Å². The van der Waals surface area contributed by atoms with Crippen LogP contribution in [0, 0.1) is 5.92 Å². The third-order valence-corrected chi connectivity index (χ3v) is 7.51. The van der Waals surface area contributed by atoms with Gasteiger partial charge in [0.1, 0.15) is 12.4 Å². The van der Waals surface area contributed by atoms with Crippen LogP contribution in [0.4, 0.5) is 0 Å². The van der Waals surface area contributed by atoms with Crippen molar-refractivity contribution in [3.05, 3.63) is 29.8 Å². The minimum atomic E-state index is -0.563. The highest BCUT2D eigenvalue weighted by atomic mass is 16.5. The summed E-state index contributed by atoms with van der Waals surface area (Å²) in [5.41, 5.74) is 0.685. The predicted molar refractivity (Wildman–Crippen MR) is 114 cm³/mol. The molecule has 5 aliphatic rings. The van der Waals surface area contributed by atoms with Gasteiger partial charge in [-0.25, -0.2) is 0 Å². The summed E-state index contributed by atoms with van der Waals surface area (Å²) in [7, 11) is 0. The number of carbonyl (C=O) groups is 2. The highest BCUT2D eigenvalue weighted by Crippen LogP contribution is 2.40. The summed E-state index contributed by atoms with van der Waals surface area (Å²) in [4.78, 5) is 27.5. The number of nitrogens with one attached hydrogen (secondary N) is 1. The molecule has 4 heterocycles. The first-order valence-corrected chi connectivity index (χ1v) is 11.6. The zero-order valence-corrected chi connectivity index (χ0v) is 18.2. The molecule has 2 bridgehead atoms. The maximum absolute atomic E-state index is 13.4. The lowest BCUT2D eigenvalue weighted by atomic mass is 9.82. The van der Waals surface area contributed by atoms with Gasteiger partial charge >= 0.3 is 0 Å². The Balaban J connectivity index is 1.43. The molecule has 2 saturated heterocycles. The van der Waals surface area contributed by atoms with E-state index in [-0.39, 0.29) is 36.5 Å². The van der Waals surface area contributed by atoms with Crippen molar-refractivity contribution in [3.8, 4) is 5.75 Å². The molecule has 4 aliphatic heterocycles. The molecule has 0 radical (unpaired) electrons. The fourth-order valence-electron chi connectivity index (χ4n) is 5.73. The topological polar surface area (TPSA) is 77.1 Å². The Hall–Kier alpha value is -2.12. The average molecular weight is 429 g/mol. The second-order valence-electron chi connectivity index (χ2n) is 9.55. The summed E-state index contributed by atoms with van der Waals surface area (Å²) < 4.78 is 18.2. The molecular weight excluding hydrogens is 396 g/mol. The number of benzene rings is 1. The van der Waals surface area contributed by atoms with Crippen LogP contribution in [-0.4, -0.2) is 67.4 Å². The smallest absolute Gasteiger partial charge is 0.246 e. The molecule has 1 unspecified atom stereocenters. The maximum Gasteiger partial charge on any atom is 0.246 e. The molecule has 1 aliphatic carbocycles. The van der Waals surface area contributed by atoms with Crippen LogP contribution in [0.1, 0.15) is 50.5 Å². The molecule has 3 fully saturated rings. The first-order valence-electron chi connectivity index (χ1n) is 11.6. The standard InChI is InChI=1S/C24H32N2O5/c1-16-12-31-20-5-3-2-4-19(20)17-6-8-18(9-7-17)30-13-21-24(10-11-26(21)23(16)28)15-29-14-22(27)25-24/h2-5,16-18,21H,6-15H2,1H3,(H,25,27)/t16?,17-,18+,21-,24+/m0/s1. The molecular formula is C24H32N2O5. The van der Waals surface area contributed by atoms with Crippen LogP contribution >= 0.6 is 0 Å². The van der Waals surface area contributed by atoms with Gasteiger partial charge in [0.25, 0.3) is 0 Å². The van der Waals surface area contributed by atoms with Gasteiger partial charge in [0.2, 0.25) is 11.8 Å². The lowest BCUT2D eigenvalue weighted by Crippen LogP contribution is -2.65. The van der Waals surface area contributed by atoms with E-state index in [1.54, 1.807) is 0 Å². The fraction of sp³-hybridized carbons (Fsp3) is 0.667. The van der Waals surface area contributed by atoms with Crippen molar-refractivity contribution in [2.24, 2.45) is 5.92 Å². The second kappa shape index (κ2) is 8.43. The number of hydrogen-bond acceptors (Lipinski definition) is 5. The molecule has 1 aromatic carbocycles. The van der Waals surface area contributed by atoms with Gasteiger partial charge in [-0.2, -0.15) is 0 Å². The van der Waals surface area contributed by atoms with Crippen LogP contribution < -0.4 is 10.1 Å². The van der Waals surface area contributed by atoms with E-state index in [4.69, 9.17) is 14.2 Å². The molecule has 7 nitrogen and oxygen atoms in total. The number of para-hydroxylation sites is 1. The number of rotatable bonds is 0. The van der Waals surface area contributed by atoms with Gasteiger partial charge in [-0.3, -0.25) is 9.59 Å². The lowest BCUT2D eigenvalue weighted by molar-refractivity contribution is -0.145. The van der Waals surface area contributed by atoms with Crippen molar-refractivity contribution in [2.45, 2.75) is 62.6 Å². The van der Waals surface area contributed by atoms with Crippen LogP contribution in [0.5, 0.6) is 5.75 Å². The largest absolute Gasteiger partial charge is 0.492 e. The van der Waals surface area contributed by atoms with Crippen molar-refractivity contribution < 1.29 is 23.8 Å². The molecule has 2 amide bonds. The number of hydrogen-bond donors (Lipinski definition) is 1. The minimum Gasteiger partial charge on any atom is -0.492 e. The van der Waals surface area contributed by atoms with E-state index in [0.717, 1.165) is 31.4 Å².